The number of hydrogen-bond acceptors (Lipinski definition) is 3. The summed E-state index contributed by atoms with van der Waals surface area (Å²) >= 11 is 1.70. The zero-order valence-corrected chi connectivity index (χ0v) is 11.2. The van der Waals surface area contributed by atoms with Crippen LogP contribution in [0.1, 0.15) is 29.0 Å². The van der Waals surface area contributed by atoms with Gasteiger partial charge in [-0.2, -0.15) is 0 Å². The molecule has 3 rings (SSSR count). The Hall–Kier alpha value is -1.19. The predicted molar refractivity (Wildman–Crippen MR) is 75.0 cm³/mol. The topological polar surface area (TPSA) is 33.1 Å². The monoisotopic (exact) mass is 259 g/mol. The smallest absolute Gasteiger partial charge is 0.0933 e. The van der Waals surface area contributed by atoms with Crippen LogP contribution in [0.4, 0.5) is 0 Å². The number of aliphatic hydroxyl groups is 1. The molecule has 1 aliphatic carbocycles. The van der Waals surface area contributed by atoms with E-state index in [9.17, 15) is 0 Å². The van der Waals surface area contributed by atoms with Crippen molar-refractivity contribution >= 4 is 11.3 Å². The Balaban J connectivity index is 1.83. The number of nitrogens with zero attached hydrogens (tertiary/aromatic N) is 1. The van der Waals surface area contributed by atoms with Gasteiger partial charge < -0.3 is 5.11 Å². The minimum atomic E-state index is 0.244. The van der Waals surface area contributed by atoms with Gasteiger partial charge in [-0.05, 0) is 42.9 Å². The second-order valence-corrected chi connectivity index (χ2v) is 5.73. The largest absolute Gasteiger partial charge is 0.396 e. The molecular formula is C15H17NOS. The Morgan fingerprint density at radius 3 is 3.00 bits per heavy atom. The molecule has 0 saturated heterocycles. The third-order valence-corrected chi connectivity index (χ3v) is 4.40. The van der Waals surface area contributed by atoms with Crippen molar-refractivity contribution < 1.29 is 5.11 Å². The van der Waals surface area contributed by atoms with Gasteiger partial charge in [0.05, 0.1) is 10.7 Å². The first-order valence-corrected chi connectivity index (χ1v) is 7.42. The Morgan fingerprint density at radius 2 is 2.11 bits per heavy atom. The van der Waals surface area contributed by atoms with Crippen molar-refractivity contribution in [3.05, 3.63) is 39.7 Å². The normalized spacial score (nSPS) is 13.8. The van der Waals surface area contributed by atoms with Gasteiger partial charge in [-0.3, -0.25) is 0 Å². The average molecular weight is 259 g/mol. The molecule has 0 aliphatic heterocycles. The van der Waals surface area contributed by atoms with E-state index in [-0.39, 0.29) is 6.61 Å². The first kappa shape index (κ1) is 11.9. The number of aromatic nitrogens is 1. The summed E-state index contributed by atoms with van der Waals surface area (Å²) in [5, 5.41) is 12.1. The Morgan fingerprint density at radius 1 is 1.22 bits per heavy atom. The lowest BCUT2D eigenvalue weighted by Gasteiger charge is -2.02. The molecule has 0 atom stereocenters. The summed E-state index contributed by atoms with van der Waals surface area (Å²) in [6.07, 6.45) is 5.42. The second-order valence-electron chi connectivity index (χ2n) is 4.79. The molecule has 94 valence electrons. The van der Waals surface area contributed by atoms with E-state index in [4.69, 9.17) is 5.11 Å². The summed E-state index contributed by atoms with van der Waals surface area (Å²) in [5.74, 6) is 0. The molecule has 18 heavy (non-hydrogen) atoms. The first-order chi connectivity index (χ1) is 8.86. The minimum Gasteiger partial charge on any atom is -0.396 e. The van der Waals surface area contributed by atoms with Gasteiger partial charge in [0.25, 0.3) is 0 Å². The van der Waals surface area contributed by atoms with Crippen molar-refractivity contribution in [3.63, 3.8) is 0 Å². The van der Waals surface area contributed by atoms with Crippen LogP contribution >= 0.6 is 11.3 Å². The Labute approximate surface area is 111 Å². The highest BCUT2D eigenvalue weighted by Crippen LogP contribution is 2.29. The van der Waals surface area contributed by atoms with Gasteiger partial charge >= 0.3 is 0 Å². The van der Waals surface area contributed by atoms with Crippen LogP contribution < -0.4 is 0 Å². The fourth-order valence-electron chi connectivity index (χ4n) is 2.52. The van der Waals surface area contributed by atoms with Crippen LogP contribution in [0.15, 0.2) is 23.6 Å². The fourth-order valence-corrected chi connectivity index (χ4v) is 3.37. The van der Waals surface area contributed by atoms with E-state index in [0.29, 0.717) is 0 Å². The molecule has 1 aliphatic rings. The van der Waals surface area contributed by atoms with Crippen LogP contribution in [-0.2, 0) is 19.3 Å². The molecule has 0 bridgehead atoms. The summed E-state index contributed by atoms with van der Waals surface area (Å²) in [5.41, 5.74) is 5.33. The van der Waals surface area contributed by atoms with Gasteiger partial charge in [-0.25, -0.2) is 4.98 Å². The van der Waals surface area contributed by atoms with E-state index in [1.54, 1.807) is 11.3 Å². The number of thiazole rings is 1. The highest BCUT2D eigenvalue weighted by Gasteiger charge is 2.12. The van der Waals surface area contributed by atoms with Gasteiger partial charge in [-0.15, -0.1) is 11.3 Å². The number of aryl methyl sites for hydroxylation is 3. The van der Waals surface area contributed by atoms with E-state index < -0.39 is 0 Å². The lowest BCUT2D eigenvalue weighted by atomic mass is 10.1. The average Bonchev–Trinajstić information content (AvgIpc) is 3.04. The van der Waals surface area contributed by atoms with E-state index in [1.807, 2.05) is 0 Å². The first-order valence-electron chi connectivity index (χ1n) is 6.54. The van der Waals surface area contributed by atoms with Crippen molar-refractivity contribution in [1.29, 1.82) is 0 Å². The maximum atomic E-state index is 8.83. The standard InChI is InChI=1S/C15H17NOS/c17-8-2-5-15-16-14(10-18-15)13-7-6-11-3-1-4-12(11)9-13/h6-7,9-10,17H,1-5,8H2. The SMILES string of the molecule is OCCCc1nc(-c2ccc3c(c2)CCC3)cs1. The maximum absolute atomic E-state index is 8.83. The van der Waals surface area contributed by atoms with Gasteiger partial charge in [0, 0.05) is 24.0 Å². The molecule has 1 aromatic carbocycles. The number of aliphatic hydroxyl groups excluding tert-OH is 1. The highest BCUT2D eigenvalue weighted by atomic mass is 32.1. The van der Waals surface area contributed by atoms with Crippen LogP contribution in [0.25, 0.3) is 11.3 Å². The zero-order chi connectivity index (χ0) is 12.4. The molecular weight excluding hydrogens is 242 g/mol. The van der Waals surface area contributed by atoms with Crippen LogP contribution in [0.3, 0.4) is 0 Å². The molecule has 0 amide bonds. The van der Waals surface area contributed by atoms with Crippen molar-refractivity contribution in [3.8, 4) is 11.3 Å². The third-order valence-electron chi connectivity index (χ3n) is 3.49. The molecule has 0 spiro atoms. The molecule has 0 fully saturated rings. The molecule has 1 heterocycles. The lowest BCUT2D eigenvalue weighted by molar-refractivity contribution is 0.288. The third kappa shape index (κ3) is 2.33. The van der Waals surface area contributed by atoms with Gasteiger partial charge in [0.2, 0.25) is 0 Å². The Kier molecular flexibility index (Phi) is 3.43. The molecule has 0 unspecified atom stereocenters. The van der Waals surface area contributed by atoms with E-state index in [1.165, 1.54) is 36.0 Å². The lowest BCUT2D eigenvalue weighted by Crippen LogP contribution is -1.89. The summed E-state index contributed by atoms with van der Waals surface area (Å²) in [4.78, 5) is 4.65. The Bertz CT molecular complexity index is 547. The van der Waals surface area contributed by atoms with Crippen LogP contribution in [0, 0.1) is 0 Å². The highest BCUT2D eigenvalue weighted by molar-refractivity contribution is 7.09. The summed E-state index contributed by atoms with van der Waals surface area (Å²) in [6, 6.07) is 6.74. The number of fused-ring (bicyclic) bond motifs is 1. The van der Waals surface area contributed by atoms with Crippen molar-refractivity contribution in [2.45, 2.75) is 32.1 Å². The summed E-state index contributed by atoms with van der Waals surface area (Å²) < 4.78 is 0. The van der Waals surface area contributed by atoms with Crippen molar-refractivity contribution in [1.82, 2.24) is 4.98 Å². The molecule has 1 aromatic heterocycles. The van der Waals surface area contributed by atoms with Crippen LogP contribution in [0.5, 0.6) is 0 Å². The maximum Gasteiger partial charge on any atom is 0.0933 e. The van der Waals surface area contributed by atoms with E-state index in [0.717, 1.165) is 23.5 Å². The molecule has 2 nitrogen and oxygen atoms in total. The number of hydrogen-bond donors (Lipinski definition) is 1. The van der Waals surface area contributed by atoms with Gasteiger partial charge in [0.1, 0.15) is 0 Å². The van der Waals surface area contributed by atoms with Gasteiger partial charge in [-0.1, -0.05) is 12.1 Å². The quantitative estimate of drug-likeness (QED) is 0.914. The van der Waals surface area contributed by atoms with Crippen LogP contribution in [-0.4, -0.2) is 16.7 Å². The minimum absolute atomic E-state index is 0.244. The second kappa shape index (κ2) is 5.21. The molecule has 1 N–H and O–H groups in total. The van der Waals surface area contributed by atoms with E-state index in [2.05, 4.69) is 28.6 Å². The van der Waals surface area contributed by atoms with Crippen molar-refractivity contribution in [2.75, 3.05) is 6.61 Å². The molecule has 0 saturated carbocycles. The summed E-state index contributed by atoms with van der Waals surface area (Å²) in [6.45, 7) is 0.244. The molecule has 2 aromatic rings. The number of benzene rings is 1. The zero-order valence-electron chi connectivity index (χ0n) is 10.4. The summed E-state index contributed by atoms with van der Waals surface area (Å²) in [7, 11) is 0. The number of rotatable bonds is 4. The fraction of sp³-hybridized carbons (Fsp3) is 0.400. The van der Waals surface area contributed by atoms with Gasteiger partial charge in [0.15, 0.2) is 0 Å². The van der Waals surface area contributed by atoms with Crippen LogP contribution in [0.2, 0.25) is 0 Å². The van der Waals surface area contributed by atoms with E-state index >= 15 is 0 Å². The van der Waals surface area contributed by atoms with Crippen molar-refractivity contribution in [2.24, 2.45) is 0 Å². The predicted octanol–water partition coefficient (Wildman–Crippen LogP) is 3.22. The molecule has 3 heteroatoms. The molecule has 0 radical (unpaired) electrons.